The molecule has 2 aromatic heterocycles. The zero-order valence-electron chi connectivity index (χ0n) is 22.7. The second-order valence-corrected chi connectivity index (χ2v) is 9.99. The number of carbonyl (C=O) groups excluding carboxylic acids is 1. The Bertz CT molecular complexity index is 1540. The Morgan fingerprint density at radius 1 is 1.07 bits per heavy atom. The van der Waals surface area contributed by atoms with Crippen LogP contribution in [0.5, 0.6) is 5.75 Å². The number of nitrogens with one attached hydrogen (secondary N) is 1. The largest absolute Gasteiger partial charge is 0.573 e. The molecule has 1 saturated heterocycles. The van der Waals surface area contributed by atoms with E-state index in [-0.39, 0.29) is 42.5 Å². The van der Waals surface area contributed by atoms with E-state index in [1.165, 1.54) is 18.2 Å². The number of anilines is 2. The van der Waals surface area contributed by atoms with Gasteiger partial charge >= 0.3 is 6.36 Å². The lowest BCUT2D eigenvalue weighted by Crippen LogP contribution is -2.52. The maximum atomic E-state index is 15.2. The quantitative estimate of drug-likeness (QED) is 0.276. The Hall–Kier alpha value is -3.99. The summed E-state index contributed by atoms with van der Waals surface area (Å²) in [5.74, 6) is -0.931. The molecule has 1 amide bonds. The van der Waals surface area contributed by atoms with Crippen molar-refractivity contribution in [3.8, 4) is 5.75 Å². The molecule has 1 aliphatic heterocycles. The summed E-state index contributed by atoms with van der Waals surface area (Å²) in [5.41, 5.74) is 4.71. The van der Waals surface area contributed by atoms with E-state index in [4.69, 9.17) is 0 Å². The van der Waals surface area contributed by atoms with Crippen LogP contribution in [-0.4, -0.2) is 47.6 Å². The fraction of sp³-hybridized carbons (Fsp3) is 0.310. The average Bonchev–Trinajstić information content (AvgIpc) is 3.22. The highest BCUT2D eigenvalue weighted by Gasteiger charge is 2.31. The molecule has 218 valence electrons. The first-order chi connectivity index (χ1) is 19.0. The van der Waals surface area contributed by atoms with Crippen molar-refractivity contribution >= 4 is 35.2 Å². The number of aromatic nitrogens is 2. The van der Waals surface area contributed by atoms with Crippen LogP contribution >= 0.6 is 12.4 Å². The molecule has 0 saturated carbocycles. The molecule has 5 rings (SSSR count). The van der Waals surface area contributed by atoms with E-state index in [9.17, 15) is 18.0 Å². The van der Waals surface area contributed by atoms with Gasteiger partial charge in [-0.2, -0.15) is 5.10 Å². The summed E-state index contributed by atoms with van der Waals surface area (Å²) >= 11 is 0. The standard InChI is InChI=1S/C29H29F4N5O2.ClH/c1-18-10-11-38-26(14-18)27(20(3)35-38)28(39)34-16-21-4-9-25(24(30)15-21)36-12-13-37(19(2)17-36)22-5-7-23(8-6-22)40-29(31,32)33;/h4-11,14-15,19H,12-13,16-17H2,1-3H3,(H,34,39);1H/t19-;/m0./s1. The van der Waals surface area contributed by atoms with Crippen LogP contribution in [0, 0.1) is 19.7 Å². The van der Waals surface area contributed by atoms with Gasteiger partial charge in [-0.3, -0.25) is 4.79 Å². The van der Waals surface area contributed by atoms with Crippen molar-refractivity contribution in [2.75, 3.05) is 29.4 Å². The van der Waals surface area contributed by atoms with Gasteiger partial charge in [-0.15, -0.1) is 25.6 Å². The normalized spacial score (nSPS) is 15.5. The lowest BCUT2D eigenvalue weighted by atomic mass is 10.1. The number of ether oxygens (including phenoxy) is 1. The number of hydrogen-bond donors (Lipinski definition) is 1. The summed E-state index contributed by atoms with van der Waals surface area (Å²) in [7, 11) is 0. The first-order valence-corrected chi connectivity index (χ1v) is 12.9. The number of aryl methyl sites for hydroxylation is 2. The van der Waals surface area contributed by atoms with E-state index in [1.807, 2.05) is 37.1 Å². The molecular weight excluding hydrogens is 562 g/mol. The van der Waals surface area contributed by atoms with Crippen LogP contribution < -0.4 is 19.9 Å². The molecule has 0 unspecified atom stereocenters. The molecule has 0 bridgehead atoms. The number of halogens is 5. The summed E-state index contributed by atoms with van der Waals surface area (Å²) in [5, 5.41) is 7.27. The highest BCUT2D eigenvalue weighted by atomic mass is 35.5. The molecule has 12 heteroatoms. The third-order valence-corrected chi connectivity index (χ3v) is 7.03. The minimum Gasteiger partial charge on any atom is -0.406 e. The molecule has 1 aliphatic rings. The van der Waals surface area contributed by atoms with Crippen molar-refractivity contribution in [3.05, 3.63) is 89.0 Å². The average molecular weight is 592 g/mol. The zero-order chi connectivity index (χ0) is 28.6. The molecule has 0 spiro atoms. The van der Waals surface area contributed by atoms with E-state index >= 15 is 4.39 Å². The van der Waals surface area contributed by atoms with Gasteiger partial charge < -0.3 is 19.9 Å². The van der Waals surface area contributed by atoms with Crippen LogP contribution in [-0.2, 0) is 6.54 Å². The maximum absolute atomic E-state index is 15.2. The number of pyridine rings is 1. The van der Waals surface area contributed by atoms with Gasteiger partial charge in [0.1, 0.15) is 11.6 Å². The molecule has 3 heterocycles. The van der Waals surface area contributed by atoms with E-state index in [0.29, 0.717) is 42.1 Å². The van der Waals surface area contributed by atoms with Crippen molar-refractivity contribution in [3.63, 3.8) is 0 Å². The SMILES string of the molecule is Cc1ccn2nc(C)c(C(=O)NCc3ccc(N4CCN(c5ccc(OC(F)(F)F)cc5)[C@@H](C)C4)c(F)c3)c2c1.Cl. The van der Waals surface area contributed by atoms with Crippen molar-refractivity contribution in [2.45, 2.75) is 39.7 Å². The third-order valence-electron chi connectivity index (χ3n) is 7.03. The Balaban J connectivity index is 0.00000387. The van der Waals surface area contributed by atoms with Crippen LogP contribution in [0.3, 0.4) is 0 Å². The molecule has 0 aliphatic carbocycles. The second-order valence-electron chi connectivity index (χ2n) is 9.99. The van der Waals surface area contributed by atoms with Gasteiger partial charge in [-0.05, 0) is 80.4 Å². The van der Waals surface area contributed by atoms with Gasteiger partial charge in [0, 0.05) is 44.1 Å². The maximum Gasteiger partial charge on any atom is 0.573 e. The summed E-state index contributed by atoms with van der Waals surface area (Å²) in [4.78, 5) is 17.0. The minimum atomic E-state index is -4.74. The molecule has 1 N–H and O–H groups in total. The highest BCUT2D eigenvalue weighted by Crippen LogP contribution is 2.29. The second kappa shape index (κ2) is 11.9. The highest BCUT2D eigenvalue weighted by molar-refractivity contribution is 6.02. The van der Waals surface area contributed by atoms with Crippen molar-refractivity contribution in [2.24, 2.45) is 0 Å². The van der Waals surface area contributed by atoms with Gasteiger partial charge in [0.25, 0.3) is 5.91 Å². The molecule has 1 fully saturated rings. The molecule has 2 aromatic carbocycles. The Kier molecular flexibility index (Phi) is 8.67. The van der Waals surface area contributed by atoms with E-state index < -0.39 is 6.36 Å². The van der Waals surface area contributed by atoms with Crippen molar-refractivity contribution < 1.29 is 27.1 Å². The van der Waals surface area contributed by atoms with E-state index in [2.05, 4.69) is 20.1 Å². The van der Waals surface area contributed by atoms with Crippen molar-refractivity contribution in [1.29, 1.82) is 0 Å². The summed E-state index contributed by atoms with van der Waals surface area (Å²) in [6.07, 6.45) is -2.93. The number of amides is 1. The lowest BCUT2D eigenvalue weighted by molar-refractivity contribution is -0.274. The predicted molar refractivity (Wildman–Crippen MR) is 152 cm³/mol. The number of fused-ring (bicyclic) bond motifs is 1. The van der Waals surface area contributed by atoms with Gasteiger partial charge in [-0.25, -0.2) is 8.91 Å². The number of alkyl halides is 3. The summed E-state index contributed by atoms with van der Waals surface area (Å²) in [6, 6.07) is 14.5. The summed E-state index contributed by atoms with van der Waals surface area (Å²) < 4.78 is 58.1. The molecule has 1 atom stereocenters. The first kappa shape index (κ1) is 30.0. The number of benzene rings is 2. The fourth-order valence-corrected chi connectivity index (χ4v) is 5.14. The van der Waals surface area contributed by atoms with Crippen LogP contribution in [0.2, 0.25) is 0 Å². The van der Waals surface area contributed by atoms with Crippen LogP contribution in [0.25, 0.3) is 5.52 Å². The van der Waals surface area contributed by atoms with E-state index in [1.54, 1.807) is 35.7 Å². The number of rotatable bonds is 6. The fourth-order valence-electron chi connectivity index (χ4n) is 5.14. The Morgan fingerprint density at radius 2 is 1.80 bits per heavy atom. The molecular formula is C29H30ClF4N5O2. The molecule has 7 nitrogen and oxygen atoms in total. The van der Waals surface area contributed by atoms with Crippen LogP contribution in [0.4, 0.5) is 28.9 Å². The zero-order valence-corrected chi connectivity index (χ0v) is 23.5. The number of piperazine rings is 1. The summed E-state index contributed by atoms with van der Waals surface area (Å²) in [6.45, 7) is 7.51. The lowest BCUT2D eigenvalue weighted by Gasteiger charge is -2.42. The van der Waals surface area contributed by atoms with Gasteiger partial charge in [0.15, 0.2) is 0 Å². The minimum absolute atomic E-state index is 0. The molecule has 4 aromatic rings. The van der Waals surface area contributed by atoms with Gasteiger partial charge in [-0.1, -0.05) is 6.07 Å². The molecule has 41 heavy (non-hydrogen) atoms. The first-order valence-electron chi connectivity index (χ1n) is 12.9. The smallest absolute Gasteiger partial charge is 0.406 e. The Labute approximate surface area is 241 Å². The number of carbonyl (C=O) groups is 1. The van der Waals surface area contributed by atoms with Gasteiger partial charge in [0.05, 0.1) is 22.5 Å². The molecule has 0 radical (unpaired) electrons. The van der Waals surface area contributed by atoms with Crippen LogP contribution in [0.1, 0.15) is 34.1 Å². The number of nitrogens with zero attached hydrogens (tertiary/aromatic N) is 4. The Morgan fingerprint density at radius 3 is 2.46 bits per heavy atom. The topological polar surface area (TPSA) is 62.1 Å². The third kappa shape index (κ3) is 6.67. The number of hydrogen-bond acceptors (Lipinski definition) is 5. The van der Waals surface area contributed by atoms with Gasteiger partial charge in [0.2, 0.25) is 0 Å². The monoisotopic (exact) mass is 591 g/mol. The predicted octanol–water partition coefficient (Wildman–Crippen LogP) is 6.06. The van der Waals surface area contributed by atoms with Crippen LogP contribution in [0.15, 0.2) is 60.8 Å². The van der Waals surface area contributed by atoms with E-state index in [0.717, 1.165) is 16.8 Å². The van der Waals surface area contributed by atoms with Crippen molar-refractivity contribution in [1.82, 2.24) is 14.9 Å².